The second kappa shape index (κ2) is 5.64. The van der Waals surface area contributed by atoms with E-state index in [0.29, 0.717) is 0 Å². The van der Waals surface area contributed by atoms with E-state index in [1.807, 2.05) is 0 Å². The quantitative estimate of drug-likeness (QED) is 0.893. The van der Waals surface area contributed by atoms with E-state index in [0.717, 1.165) is 31.2 Å². The van der Waals surface area contributed by atoms with Crippen LogP contribution in [0.4, 0.5) is 0 Å². The Labute approximate surface area is 117 Å². The molecule has 2 nitrogen and oxygen atoms in total. The van der Waals surface area contributed by atoms with Crippen molar-refractivity contribution in [2.45, 2.75) is 64.2 Å². The highest BCUT2D eigenvalue weighted by Crippen LogP contribution is 2.30. The minimum absolute atomic E-state index is 0.782. The van der Waals surface area contributed by atoms with Crippen LogP contribution in [0.1, 0.15) is 43.7 Å². The van der Waals surface area contributed by atoms with Gasteiger partial charge in [-0.2, -0.15) is 0 Å². The molecule has 0 saturated carbocycles. The lowest BCUT2D eigenvalue weighted by Gasteiger charge is -2.37. The Morgan fingerprint density at radius 1 is 1.21 bits per heavy atom. The third-order valence-electron chi connectivity index (χ3n) is 4.84. The molecule has 0 aromatic heterocycles. The highest BCUT2D eigenvalue weighted by molar-refractivity contribution is 5.22. The summed E-state index contributed by atoms with van der Waals surface area (Å²) < 4.78 is 0. The molecule has 1 aromatic carbocycles. The first-order valence-corrected chi connectivity index (χ1v) is 7.80. The van der Waals surface area contributed by atoms with Crippen molar-refractivity contribution < 1.29 is 0 Å². The van der Waals surface area contributed by atoms with Gasteiger partial charge in [-0.05, 0) is 44.7 Å². The van der Waals surface area contributed by atoms with Gasteiger partial charge in [-0.1, -0.05) is 36.8 Å². The Morgan fingerprint density at radius 2 is 1.95 bits per heavy atom. The van der Waals surface area contributed by atoms with Crippen molar-refractivity contribution in [1.82, 2.24) is 10.2 Å². The monoisotopic (exact) mass is 258 g/mol. The van der Waals surface area contributed by atoms with Gasteiger partial charge >= 0.3 is 0 Å². The zero-order chi connectivity index (χ0) is 13.2. The summed E-state index contributed by atoms with van der Waals surface area (Å²) in [4.78, 5) is 2.68. The SMILES string of the molecule is CCN(Cc1cccc(C)c1)C1CC2CCC(C1)N2. The predicted octanol–water partition coefficient (Wildman–Crippen LogP) is 3.10. The van der Waals surface area contributed by atoms with Crippen LogP contribution in [0.2, 0.25) is 0 Å². The smallest absolute Gasteiger partial charge is 0.0236 e. The van der Waals surface area contributed by atoms with Gasteiger partial charge < -0.3 is 5.32 Å². The van der Waals surface area contributed by atoms with Gasteiger partial charge in [-0.3, -0.25) is 4.90 Å². The maximum atomic E-state index is 3.75. The molecular formula is C17H26N2. The molecule has 1 aromatic rings. The van der Waals surface area contributed by atoms with Gasteiger partial charge in [0.1, 0.15) is 0 Å². The van der Waals surface area contributed by atoms with Crippen LogP contribution in [0.25, 0.3) is 0 Å². The van der Waals surface area contributed by atoms with E-state index in [-0.39, 0.29) is 0 Å². The zero-order valence-electron chi connectivity index (χ0n) is 12.2. The Hall–Kier alpha value is -0.860. The molecule has 3 rings (SSSR count). The fraction of sp³-hybridized carbons (Fsp3) is 0.647. The third kappa shape index (κ3) is 3.01. The summed E-state index contributed by atoms with van der Waals surface area (Å²) in [6.07, 6.45) is 5.47. The highest BCUT2D eigenvalue weighted by atomic mass is 15.2. The number of piperidine rings is 1. The molecule has 2 unspecified atom stereocenters. The van der Waals surface area contributed by atoms with Gasteiger partial charge in [0.15, 0.2) is 0 Å². The van der Waals surface area contributed by atoms with Crippen molar-refractivity contribution in [3.63, 3.8) is 0 Å². The highest BCUT2D eigenvalue weighted by Gasteiger charge is 2.35. The minimum Gasteiger partial charge on any atom is -0.311 e. The summed E-state index contributed by atoms with van der Waals surface area (Å²) in [6, 6.07) is 11.3. The van der Waals surface area contributed by atoms with Crippen molar-refractivity contribution in [1.29, 1.82) is 0 Å². The Bertz CT molecular complexity index is 417. The summed E-state index contributed by atoms with van der Waals surface area (Å²) >= 11 is 0. The lowest BCUT2D eigenvalue weighted by Crippen LogP contribution is -2.47. The van der Waals surface area contributed by atoms with Crippen LogP contribution in [0.3, 0.4) is 0 Å². The molecule has 0 amide bonds. The first-order valence-electron chi connectivity index (χ1n) is 7.80. The summed E-state index contributed by atoms with van der Waals surface area (Å²) in [7, 11) is 0. The number of hydrogen-bond acceptors (Lipinski definition) is 2. The van der Waals surface area contributed by atoms with Crippen molar-refractivity contribution >= 4 is 0 Å². The number of rotatable bonds is 4. The predicted molar refractivity (Wildman–Crippen MR) is 80.2 cm³/mol. The molecule has 2 bridgehead atoms. The zero-order valence-corrected chi connectivity index (χ0v) is 12.2. The van der Waals surface area contributed by atoms with E-state index in [2.05, 4.69) is 48.3 Å². The van der Waals surface area contributed by atoms with E-state index < -0.39 is 0 Å². The van der Waals surface area contributed by atoms with Gasteiger partial charge in [0, 0.05) is 24.7 Å². The average molecular weight is 258 g/mol. The van der Waals surface area contributed by atoms with Crippen LogP contribution < -0.4 is 5.32 Å². The molecule has 0 radical (unpaired) electrons. The number of hydrogen-bond donors (Lipinski definition) is 1. The minimum atomic E-state index is 0.782. The topological polar surface area (TPSA) is 15.3 Å². The van der Waals surface area contributed by atoms with Crippen LogP contribution in [-0.2, 0) is 6.54 Å². The molecule has 104 valence electrons. The lowest BCUT2D eigenvalue weighted by atomic mass is 9.97. The molecule has 2 aliphatic heterocycles. The molecule has 2 atom stereocenters. The Morgan fingerprint density at radius 3 is 2.58 bits per heavy atom. The molecule has 2 heteroatoms. The molecule has 0 spiro atoms. The van der Waals surface area contributed by atoms with E-state index in [4.69, 9.17) is 0 Å². The first-order chi connectivity index (χ1) is 9.24. The van der Waals surface area contributed by atoms with Crippen molar-refractivity contribution in [2.24, 2.45) is 0 Å². The van der Waals surface area contributed by atoms with Crippen LogP contribution in [0, 0.1) is 6.92 Å². The Kier molecular flexibility index (Phi) is 3.90. The third-order valence-corrected chi connectivity index (χ3v) is 4.84. The average Bonchev–Trinajstić information content (AvgIpc) is 2.75. The largest absolute Gasteiger partial charge is 0.311 e. The number of aryl methyl sites for hydroxylation is 1. The maximum Gasteiger partial charge on any atom is 0.0236 e. The fourth-order valence-electron chi connectivity index (χ4n) is 3.87. The maximum absolute atomic E-state index is 3.75. The van der Waals surface area contributed by atoms with Gasteiger partial charge in [-0.25, -0.2) is 0 Å². The van der Waals surface area contributed by atoms with Gasteiger partial charge in [-0.15, -0.1) is 0 Å². The summed E-state index contributed by atoms with van der Waals surface area (Å²) in [5, 5.41) is 3.75. The van der Waals surface area contributed by atoms with Crippen LogP contribution in [-0.4, -0.2) is 29.6 Å². The summed E-state index contributed by atoms with van der Waals surface area (Å²) in [6.45, 7) is 6.77. The molecule has 2 aliphatic rings. The summed E-state index contributed by atoms with van der Waals surface area (Å²) in [5.41, 5.74) is 2.84. The van der Waals surface area contributed by atoms with E-state index in [9.17, 15) is 0 Å². The molecule has 2 heterocycles. The van der Waals surface area contributed by atoms with Crippen LogP contribution in [0.15, 0.2) is 24.3 Å². The van der Waals surface area contributed by atoms with E-state index in [1.54, 1.807) is 0 Å². The van der Waals surface area contributed by atoms with Gasteiger partial charge in [0.25, 0.3) is 0 Å². The van der Waals surface area contributed by atoms with Crippen molar-refractivity contribution in [3.8, 4) is 0 Å². The normalized spacial score (nSPS) is 29.9. The van der Waals surface area contributed by atoms with Crippen LogP contribution >= 0.6 is 0 Å². The Balaban J connectivity index is 1.67. The van der Waals surface area contributed by atoms with Gasteiger partial charge in [0.2, 0.25) is 0 Å². The molecule has 2 saturated heterocycles. The number of nitrogens with one attached hydrogen (secondary N) is 1. The lowest BCUT2D eigenvalue weighted by molar-refractivity contribution is 0.140. The molecule has 1 N–H and O–H groups in total. The second-order valence-corrected chi connectivity index (χ2v) is 6.32. The molecule has 2 fully saturated rings. The van der Waals surface area contributed by atoms with Crippen LogP contribution in [0.5, 0.6) is 0 Å². The van der Waals surface area contributed by atoms with Crippen molar-refractivity contribution in [2.75, 3.05) is 6.54 Å². The standard InChI is InChI=1S/C17H26N2/c1-3-19(12-14-6-4-5-13(2)9-14)17-10-15-7-8-16(11-17)18-15/h4-6,9,15-18H,3,7-8,10-12H2,1-2H3. The molecular weight excluding hydrogens is 232 g/mol. The first kappa shape index (κ1) is 13.1. The molecule has 0 aliphatic carbocycles. The fourth-order valence-corrected chi connectivity index (χ4v) is 3.87. The second-order valence-electron chi connectivity index (χ2n) is 6.32. The summed E-state index contributed by atoms with van der Waals surface area (Å²) in [5.74, 6) is 0. The number of fused-ring (bicyclic) bond motifs is 2. The molecule has 19 heavy (non-hydrogen) atoms. The van der Waals surface area contributed by atoms with E-state index >= 15 is 0 Å². The van der Waals surface area contributed by atoms with Gasteiger partial charge in [0.05, 0.1) is 0 Å². The number of nitrogens with zero attached hydrogens (tertiary/aromatic N) is 1. The number of benzene rings is 1. The van der Waals surface area contributed by atoms with E-state index in [1.165, 1.54) is 36.8 Å². The van der Waals surface area contributed by atoms with Crippen molar-refractivity contribution in [3.05, 3.63) is 35.4 Å².